The van der Waals surface area contributed by atoms with Crippen LogP contribution in [0.5, 0.6) is 0 Å². The molecule has 0 spiro atoms. The summed E-state index contributed by atoms with van der Waals surface area (Å²) in [4.78, 5) is 25.1. The van der Waals surface area contributed by atoms with Crippen LogP contribution in [-0.2, 0) is 22.3 Å². The number of carbonyl (C=O) groups is 2. The fourth-order valence-electron chi connectivity index (χ4n) is 2.48. The van der Waals surface area contributed by atoms with E-state index in [1.807, 2.05) is 31.2 Å². The number of alkyl halides is 3. The van der Waals surface area contributed by atoms with Gasteiger partial charge in [-0.25, -0.2) is 0 Å². The van der Waals surface area contributed by atoms with Crippen LogP contribution in [0.3, 0.4) is 0 Å². The lowest BCUT2D eigenvalue weighted by Crippen LogP contribution is -2.39. The third-order valence-corrected chi connectivity index (χ3v) is 4.14. The summed E-state index contributed by atoms with van der Waals surface area (Å²) in [7, 11) is 0. The maximum atomic E-state index is 12.9. The molecule has 0 radical (unpaired) electrons. The molecule has 0 aliphatic rings. The Morgan fingerprint density at radius 3 is 2.44 bits per heavy atom. The summed E-state index contributed by atoms with van der Waals surface area (Å²) in [5.41, 5.74) is 0.788. The lowest BCUT2D eigenvalue weighted by molar-refractivity contribution is -0.137. The van der Waals surface area contributed by atoms with E-state index >= 15 is 0 Å². The lowest BCUT2D eigenvalue weighted by Gasteiger charge is -2.23. The second kappa shape index (κ2) is 8.43. The first-order valence-electron chi connectivity index (χ1n) is 8.05. The minimum atomic E-state index is -4.59. The summed E-state index contributed by atoms with van der Waals surface area (Å²) in [6.45, 7) is 2.87. The van der Waals surface area contributed by atoms with Crippen molar-refractivity contribution in [3.8, 4) is 0 Å². The zero-order valence-corrected chi connectivity index (χ0v) is 15.5. The van der Waals surface area contributed by atoms with Crippen molar-refractivity contribution in [3.63, 3.8) is 0 Å². The van der Waals surface area contributed by atoms with Gasteiger partial charge < -0.3 is 10.2 Å². The SMILES string of the molecule is CC(=O)N(CC(=O)NCc1cccc(C)c1)c1cc(C(F)(F)F)ccc1Cl. The molecule has 2 aromatic carbocycles. The Bertz CT molecular complexity index is 853. The fraction of sp³-hybridized carbons (Fsp3) is 0.263. The van der Waals surface area contributed by atoms with E-state index in [1.54, 1.807) is 0 Å². The van der Waals surface area contributed by atoms with Gasteiger partial charge >= 0.3 is 6.18 Å². The van der Waals surface area contributed by atoms with Gasteiger partial charge in [0.05, 0.1) is 16.3 Å². The highest BCUT2D eigenvalue weighted by atomic mass is 35.5. The first kappa shape index (κ1) is 20.8. The molecule has 0 heterocycles. The average Bonchev–Trinajstić information content (AvgIpc) is 2.57. The molecular weight excluding hydrogens is 381 g/mol. The van der Waals surface area contributed by atoms with Crippen molar-refractivity contribution in [1.82, 2.24) is 5.32 Å². The Morgan fingerprint density at radius 2 is 1.85 bits per heavy atom. The Balaban J connectivity index is 2.16. The van der Waals surface area contributed by atoms with E-state index in [1.165, 1.54) is 0 Å². The third kappa shape index (κ3) is 5.72. The molecule has 1 N–H and O–H groups in total. The number of nitrogens with zero attached hydrogens (tertiary/aromatic N) is 1. The maximum Gasteiger partial charge on any atom is 0.416 e. The number of carbonyl (C=O) groups excluding carboxylic acids is 2. The van der Waals surface area contributed by atoms with Gasteiger partial charge in [0, 0.05) is 13.5 Å². The number of anilines is 1. The van der Waals surface area contributed by atoms with Crippen molar-refractivity contribution < 1.29 is 22.8 Å². The van der Waals surface area contributed by atoms with Crippen molar-refractivity contribution in [1.29, 1.82) is 0 Å². The first-order valence-corrected chi connectivity index (χ1v) is 8.43. The predicted molar refractivity (Wildman–Crippen MR) is 97.5 cm³/mol. The summed E-state index contributed by atoms with van der Waals surface area (Å²) < 4.78 is 38.8. The normalized spacial score (nSPS) is 11.2. The average molecular weight is 399 g/mol. The quantitative estimate of drug-likeness (QED) is 0.814. The van der Waals surface area contributed by atoms with E-state index < -0.39 is 30.1 Å². The van der Waals surface area contributed by atoms with Crippen LogP contribution in [0.4, 0.5) is 18.9 Å². The van der Waals surface area contributed by atoms with Gasteiger partial charge in [0.25, 0.3) is 0 Å². The van der Waals surface area contributed by atoms with E-state index in [4.69, 9.17) is 11.6 Å². The smallest absolute Gasteiger partial charge is 0.350 e. The number of hydrogen-bond donors (Lipinski definition) is 1. The van der Waals surface area contributed by atoms with Crippen LogP contribution >= 0.6 is 11.6 Å². The zero-order chi connectivity index (χ0) is 20.2. The van der Waals surface area contributed by atoms with Crippen LogP contribution < -0.4 is 10.2 Å². The van der Waals surface area contributed by atoms with E-state index in [0.29, 0.717) is 0 Å². The molecule has 8 heteroatoms. The molecule has 0 fully saturated rings. The van der Waals surface area contributed by atoms with Crippen LogP contribution in [-0.4, -0.2) is 18.4 Å². The standard InChI is InChI=1S/C19H18ClF3N2O2/c1-12-4-3-5-14(8-12)10-24-18(27)11-25(13(2)26)17-9-15(19(21,22)23)6-7-16(17)20/h3-9H,10-11H2,1-2H3,(H,24,27). The van der Waals surface area contributed by atoms with Crippen LogP contribution in [0.15, 0.2) is 42.5 Å². The predicted octanol–water partition coefficient (Wildman–Crippen LogP) is 4.34. The molecule has 0 atom stereocenters. The molecule has 144 valence electrons. The van der Waals surface area contributed by atoms with E-state index in [-0.39, 0.29) is 17.3 Å². The molecule has 0 aromatic heterocycles. The number of nitrogens with one attached hydrogen (secondary N) is 1. The van der Waals surface area contributed by atoms with E-state index in [9.17, 15) is 22.8 Å². The highest BCUT2D eigenvalue weighted by Gasteiger charge is 2.32. The first-order chi connectivity index (χ1) is 12.6. The summed E-state index contributed by atoms with van der Waals surface area (Å²) in [5.74, 6) is -1.11. The topological polar surface area (TPSA) is 49.4 Å². The molecule has 0 saturated carbocycles. The van der Waals surface area contributed by atoms with Crippen molar-refractivity contribution in [2.75, 3.05) is 11.4 Å². The Kier molecular flexibility index (Phi) is 6.49. The van der Waals surface area contributed by atoms with Crippen LogP contribution in [0.2, 0.25) is 5.02 Å². The summed E-state index contributed by atoms with van der Waals surface area (Å²) in [6.07, 6.45) is -4.59. The molecule has 2 aromatic rings. The summed E-state index contributed by atoms with van der Waals surface area (Å²) >= 11 is 5.97. The van der Waals surface area contributed by atoms with Crippen molar-refractivity contribution in [2.45, 2.75) is 26.6 Å². The van der Waals surface area contributed by atoms with Gasteiger partial charge in [-0.2, -0.15) is 13.2 Å². The van der Waals surface area contributed by atoms with Gasteiger partial charge in [0.2, 0.25) is 11.8 Å². The van der Waals surface area contributed by atoms with Gasteiger partial charge in [-0.1, -0.05) is 41.4 Å². The maximum absolute atomic E-state index is 12.9. The number of halogens is 4. The molecule has 0 aliphatic carbocycles. The number of rotatable bonds is 5. The minimum Gasteiger partial charge on any atom is -0.350 e. The van der Waals surface area contributed by atoms with E-state index in [0.717, 1.165) is 41.1 Å². The monoisotopic (exact) mass is 398 g/mol. The van der Waals surface area contributed by atoms with Gasteiger partial charge in [0.1, 0.15) is 6.54 Å². The number of hydrogen-bond acceptors (Lipinski definition) is 2. The van der Waals surface area contributed by atoms with Gasteiger partial charge in [-0.15, -0.1) is 0 Å². The fourth-order valence-corrected chi connectivity index (χ4v) is 2.70. The lowest BCUT2D eigenvalue weighted by atomic mass is 10.1. The van der Waals surface area contributed by atoms with Gasteiger partial charge in [-0.05, 0) is 30.7 Å². The van der Waals surface area contributed by atoms with Crippen LogP contribution in [0.1, 0.15) is 23.6 Å². The zero-order valence-electron chi connectivity index (χ0n) is 14.7. The molecule has 27 heavy (non-hydrogen) atoms. The van der Waals surface area contributed by atoms with Crippen molar-refractivity contribution in [3.05, 3.63) is 64.2 Å². The minimum absolute atomic E-state index is 0.0512. The number of aryl methyl sites for hydroxylation is 1. The molecule has 2 amide bonds. The second-order valence-corrected chi connectivity index (χ2v) is 6.44. The molecule has 0 saturated heterocycles. The van der Waals surface area contributed by atoms with Crippen LogP contribution in [0, 0.1) is 6.92 Å². The summed E-state index contributed by atoms with van der Waals surface area (Å²) in [5, 5.41) is 2.60. The molecular formula is C19H18ClF3N2O2. The summed E-state index contributed by atoms with van der Waals surface area (Å²) in [6, 6.07) is 10.1. The second-order valence-electron chi connectivity index (χ2n) is 6.03. The highest BCUT2D eigenvalue weighted by Crippen LogP contribution is 2.35. The molecule has 4 nitrogen and oxygen atoms in total. The van der Waals surface area contributed by atoms with Gasteiger partial charge in [0.15, 0.2) is 0 Å². The Labute approximate surface area is 159 Å². The molecule has 2 rings (SSSR count). The largest absolute Gasteiger partial charge is 0.416 e. The Hall–Kier alpha value is -2.54. The molecule has 0 unspecified atom stereocenters. The number of benzene rings is 2. The van der Waals surface area contributed by atoms with Gasteiger partial charge in [-0.3, -0.25) is 9.59 Å². The third-order valence-electron chi connectivity index (χ3n) is 3.82. The Morgan fingerprint density at radius 1 is 1.15 bits per heavy atom. The van der Waals surface area contributed by atoms with Crippen molar-refractivity contribution in [2.24, 2.45) is 0 Å². The van der Waals surface area contributed by atoms with Crippen LogP contribution in [0.25, 0.3) is 0 Å². The molecule has 0 aliphatic heterocycles. The van der Waals surface area contributed by atoms with Crippen molar-refractivity contribution >= 4 is 29.1 Å². The molecule has 0 bridgehead atoms. The van der Waals surface area contributed by atoms with E-state index in [2.05, 4.69) is 5.32 Å². The number of amides is 2. The highest BCUT2D eigenvalue weighted by molar-refractivity contribution is 6.34.